The summed E-state index contributed by atoms with van der Waals surface area (Å²) in [5, 5.41) is 11.5. The lowest BCUT2D eigenvalue weighted by molar-refractivity contribution is -0.115. The Hall–Kier alpha value is -2.84. The van der Waals surface area contributed by atoms with Crippen LogP contribution in [0.2, 0.25) is 0 Å². The molecule has 0 saturated carbocycles. The molecule has 1 aromatic heterocycles. The van der Waals surface area contributed by atoms with E-state index in [1.807, 2.05) is 66.1 Å². The van der Waals surface area contributed by atoms with Crippen molar-refractivity contribution in [3.63, 3.8) is 0 Å². The molecule has 1 amide bonds. The highest BCUT2D eigenvalue weighted by Crippen LogP contribution is 2.25. The van der Waals surface area contributed by atoms with E-state index in [9.17, 15) is 4.79 Å². The van der Waals surface area contributed by atoms with E-state index in [0.29, 0.717) is 5.16 Å². The molecule has 1 aliphatic heterocycles. The van der Waals surface area contributed by atoms with Crippen LogP contribution < -0.4 is 10.2 Å². The van der Waals surface area contributed by atoms with Gasteiger partial charge in [0.05, 0.1) is 18.5 Å². The van der Waals surface area contributed by atoms with Gasteiger partial charge in [0.25, 0.3) is 0 Å². The van der Waals surface area contributed by atoms with Crippen molar-refractivity contribution in [2.24, 2.45) is 0 Å². The molecule has 0 radical (unpaired) electrons. The summed E-state index contributed by atoms with van der Waals surface area (Å²) in [5.41, 5.74) is 2.89. The first-order valence-electron chi connectivity index (χ1n) is 9.56. The molecule has 4 rings (SSSR count). The first kappa shape index (κ1) is 19.5. The number of nitrogens with zero attached hydrogens (tertiary/aromatic N) is 4. The number of morpholine rings is 1. The second-order valence-electron chi connectivity index (χ2n) is 6.71. The summed E-state index contributed by atoms with van der Waals surface area (Å²) < 4.78 is 7.27. The predicted molar refractivity (Wildman–Crippen MR) is 115 cm³/mol. The standard InChI is InChI=1S/C21H23N5O2S/c1-16(29-21-24-22-15-26(21)19-5-3-2-4-6-19)20(27)23-17-7-9-18(10-8-17)25-11-13-28-14-12-25/h2-10,15-16H,11-14H2,1H3,(H,23,27)/t16-/m1/s1. The minimum absolute atomic E-state index is 0.0725. The second kappa shape index (κ2) is 9.11. The van der Waals surface area contributed by atoms with Gasteiger partial charge in [0, 0.05) is 30.2 Å². The maximum atomic E-state index is 12.7. The molecule has 29 heavy (non-hydrogen) atoms. The van der Waals surface area contributed by atoms with Crippen molar-refractivity contribution >= 4 is 29.0 Å². The lowest BCUT2D eigenvalue weighted by atomic mass is 10.2. The fourth-order valence-corrected chi connectivity index (χ4v) is 3.95. The number of ether oxygens (including phenoxy) is 1. The van der Waals surface area contributed by atoms with Gasteiger partial charge in [-0.2, -0.15) is 0 Å². The second-order valence-corrected chi connectivity index (χ2v) is 8.02. The summed E-state index contributed by atoms with van der Waals surface area (Å²) in [6.07, 6.45) is 1.66. The molecular weight excluding hydrogens is 386 g/mol. The third kappa shape index (κ3) is 4.78. The van der Waals surface area contributed by atoms with Crippen LogP contribution in [-0.2, 0) is 9.53 Å². The minimum Gasteiger partial charge on any atom is -0.378 e. The number of anilines is 2. The Bertz CT molecular complexity index is 939. The number of benzene rings is 2. The summed E-state index contributed by atoms with van der Waals surface area (Å²) in [6, 6.07) is 17.8. The SMILES string of the molecule is C[C@@H](Sc1nncn1-c1ccccc1)C(=O)Nc1ccc(N2CCOCC2)cc1. The van der Waals surface area contributed by atoms with Crippen LogP contribution >= 0.6 is 11.8 Å². The molecule has 2 heterocycles. The Morgan fingerprint density at radius 2 is 1.79 bits per heavy atom. The Morgan fingerprint density at radius 1 is 1.07 bits per heavy atom. The van der Waals surface area contributed by atoms with Gasteiger partial charge in [-0.25, -0.2) is 0 Å². The highest BCUT2D eigenvalue weighted by Gasteiger charge is 2.19. The monoisotopic (exact) mass is 409 g/mol. The number of hydrogen-bond acceptors (Lipinski definition) is 6. The fraction of sp³-hybridized carbons (Fsp3) is 0.286. The molecule has 1 N–H and O–H groups in total. The minimum atomic E-state index is -0.319. The van der Waals surface area contributed by atoms with E-state index < -0.39 is 0 Å². The fourth-order valence-electron chi connectivity index (χ4n) is 3.10. The summed E-state index contributed by atoms with van der Waals surface area (Å²) >= 11 is 1.38. The molecule has 1 fully saturated rings. The topological polar surface area (TPSA) is 72.3 Å². The van der Waals surface area contributed by atoms with Gasteiger partial charge in [0.2, 0.25) is 5.91 Å². The first-order chi connectivity index (χ1) is 14.2. The van der Waals surface area contributed by atoms with Gasteiger partial charge in [-0.3, -0.25) is 9.36 Å². The zero-order chi connectivity index (χ0) is 20.1. The number of rotatable bonds is 6. The molecule has 0 aliphatic carbocycles. The van der Waals surface area contributed by atoms with E-state index in [4.69, 9.17) is 4.74 Å². The van der Waals surface area contributed by atoms with Crippen molar-refractivity contribution in [2.75, 3.05) is 36.5 Å². The zero-order valence-electron chi connectivity index (χ0n) is 16.2. The number of carbonyl (C=O) groups excluding carboxylic acids is 1. The summed E-state index contributed by atoms with van der Waals surface area (Å²) in [5.74, 6) is -0.0725. The number of hydrogen-bond donors (Lipinski definition) is 1. The largest absolute Gasteiger partial charge is 0.378 e. The van der Waals surface area contributed by atoms with Crippen molar-refractivity contribution in [1.29, 1.82) is 0 Å². The van der Waals surface area contributed by atoms with Crippen LogP contribution in [0.5, 0.6) is 0 Å². The summed E-state index contributed by atoms with van der Waals surface area (Å²) in [4.78, 5) is 14.9. The highest BCUT2D eigenvalue weighted by atomic mass is 32.2. The van der Waals surface area contributed by atoms with E-state index in [2.05, 4.69) is 20.4 Å². The van der Waals surface area contributed by atoms with Crippen LogP contribution in [-0.4, -0.2) is 52.2 Å². The quantitative estimate of drug-likeness (QED) is 0.631. The van der Waals surface area contributed by atoms with Gasteiger partial charge >= 0.3 is 0 Å². The van der Waals surface area contributed by atoms with Crippen molar-refractivity contribution in [3.8, 4) is 5.69 Å². The Balaban J connectivity index is 1.37. The van der Waals surface area contributed by atoms with Crippen molar-refractivity contribution < 1.29 is 9.53 Å². The molecule has 1 atom stereocenters. The van der Waals surface area contributed by atoms with Crippen LogP contribution in [0.25, 0.3) is 5.69 Å². The molecule has 7 nitrogen and oxygen atoms in total. The van der Waals surface area contributed by atoms with Crippen molar-refractivity contribution in [2.45, 2.75) is 17.3 Å². The highest BCUT2D eigenvalue weighted by molar-refractivity contribution is 8.00. The van der Waals surface area contributed by atoms with Crippen LogP contribution in [0, 0.1) is 0 Å². The Kier molecular flexibility index (Phi) is 6.12. The van der Waals surface area contributed by atoms with Crippen molar-refractivity contribution in [1.82, 2.24) is 14.8 Å². The average Bonchev–Trinajstić information content (AvgIpc) is 3.23. The van der Waals surface area contributed by atoms with Gasteiger partial charge in [0.1, 0.15) is 6.33 Å². The lowest BCUT2D eigenvalue weighted by Crippen LogP contribution is -2.36. The zero-order valence-corrected chi connectivity index (χ0v) is 17.0. The normalized spacial score (nSPS) is 15.1. The summed E-state index contributed by atoms with van der Waals surface area (Å²) in [6.45, 7) is 5.15. The number of para-hydroxylation sites is 1. The predicted octanol–water partition coefficient (Wildman–Crippen LogP) is 3.22. The maximum absolute atomic E-state index is 12.7. The van der Waals surface area contributed by atoms with Gasteiger partial charge in [0.15, 0.2) is 5.16 Å². The number of nitrogens with one attached hydrogen (secondary N) is 1. The lowest BCUT2D eigenvalue weighted by Gasteiger charge is -2.28. The van der Waals surface area contributed by atoms with E-state index in [1.165, 1.54) is 11.8 Å². The molecule has 8 heteroatoms. The van der Waals surface area contributed by atoms with E-state index in [0.717, 1.165) is 43.4 Å². The third-order valence-electron chi connectivity index (χ3n) is 4.71. The van der Waals surface area contributed by atoms with E-state index >= 15 is 0 Å². The van der Waals surface area contributed by atoms with Crippen LogP contribution in [0.1, 0.15) is 6.92 Å². The van der Waals surface area contributed by atoms with Gasteiger partial charge in [-0.15, -0.1) is 10.2 Å². The number of amides is 1. The van der Waals surface area contributed by atoms with Gasteiger partial charge < -0.3 is 15.0 Å². The third-order valence-corrected chi connectivity index (χ3v) is 5.77. The van der Waals surface area contributed by atoms with Crippen LogP contribution in [0.15, 0.2) is 66.1 Å². The molecule has 1 saturated heterocycles. The van der Waals surface area contributed by atoms with E-state index in [-0.39, 0.29) is 11.2 Å². The molecular formula is C21H23N5O2S. The molecule has 0 bridgehead atoms. The molecule has 3 aromatic rings. The molecule has 0 unspecified atom stereocenters. The average molecular weight is 410 g/mol. The molecule has 0 spiro atoms. The molecule has 1 aliphatic rings. The van der Waals surface area contributed by atoms with Crippen LogP contribution in [0.3, 0.4) is 0 Å². The van der Waals surface area contributed by atoms with Gasteiger partial charge in [-0.05, 0) is 43.3 Å². The Morgan fingerprint density at radius 3 is 2.52 bits per heavy atom. The Labute approximate surface area is 174 Å². The van der Waals surface area contributed by atoms with Crippen LogP contribution in [0.4, 0.5) is 11.4 Å². The van der Waals surface area contributed by atoms with Crippen molar-refractivity contribution in [3.05, 3.63) is 60.9 Å². The number of carbonyl (C=O) groups is 1. The number of thioether (sulfide) groups is 1. The number of aromatic nitrogens is 3. The van der Waals surface area contributed by atoms with E-state index in [1.54, 1.807) is 6.33 Å². The van der Waals surface area contributed by atoms with Gasteiger partial charge in [-0.1, -0.05) is 30.0 Å². The summed E-state index contributed by atoms with van der Waals surface area (Å²) in [7, 11) is 0. The molecule has 2 aromatic carbocycles. The maximum Gasteiger partial charge on any atom is 0.237 e. The first-order valence-corrected chi connectivity index (χ1v) is 10.4. The smallest absolute Gasteiger partial charge is 0.237 e. The molecule has 150 valence electrons.